The molecule has 0 aliphatic carbocycles. The Kier molecular flexibility index (Phi) is 7.41. The van der Waals surface area contributed by atoms with Crippen LogP contribution in [0.1, 0.15) is 31.7 Å². The molecule has 1 amide bonds. The third-order valence-electron chi connectivity index (χ3n) is 5.65. The van der Waals surface area contributed by atoms with E-state index < -0.39 is 6.03 Å². The van der Waals surface area contributed by atoms with Crippen molar-refractivity contribution in [2.24, 2.45) is 0 Å². The van der Waals surface area contributed by atoms with Gasteiger partial charge in [-0.2, -0.15) is 4.98 Å². The molecule has 4 N–H and O–H groups in total. The highest BCUT2D eigenvalue weighted by molar-refractivity contribution is 5.92. The number of nitrogens with one attached hydrogen (secondary N) is 2. The van der Waals surface area contributed by atoms with E-state index >= 15 is 0 Å². The fourth-order valence-corrected chi connectivity index (χ4v) is 3.81. The van der Waals surface area contributed by atoms with Crippen molar-refractivity contribution >= 4 is 29.3 Å². The van der Waals surface area contributed by atoms with E-state index in [2.05, 4.69) is 32.5 Å². The Hall–Kier alpha value is -3.59. The highest BCUT2D eigenvalue weighted by atomic mass is 16.5. The van der Waals surface area contributed by atoms with E-state index in [0.717, 1.165) is 47.7 Å². The second-order valence-electron chi connectivity index (χ2n) is 8.09. The minimum atomic E-state index is -0.473. The molecule has 2 heterocycles. The number of nitrogen functional groups attached to an aromatic ring is 1. The molecular weight excluding hydrogens is 418 g/mol. The van der Waals surface area contributed by atoms with Crippen LogP contribution in [0, 0.1) is 0 Å². The smallest absolute Gasteiger partial charge is 0.349 e. The van der Waals surface area contributed by atoms with Crippen LogP contribution in [0.4, 0.5) is 28.1 Å². The second-order valence-corrected chi connectivity index (χ2v) is 8.09. The van der Waals surface area contributed by atoms with E-state index in [1.165, 1.54) is 19.3 Å². The molecule has 0 atom stereocenters. The van der Waals surface area contributed by atoms with Crippen molar-refractivity contribution < 1.29 is 9.53 Å². The maximum atomic E-state index is 12.6. The number of aromatic nitrogens is 3. The van der Waals surface area contributed by atoms with Crippen LogP contribution >= 0.6 is 0 Å². The lowest BCUT2D eigenvalue weighted by Gasteiger charge is -2.26. The van der Waals surface area contributed by atoms with Crippen molar-refractivity contribution in [2.75, 3.05) is 42.6 Å². The van der Waals surface area contributed by atoms with Gasteiger partial charge >= 0.3 is 6.03 Å². The fraction of sp³-hybridized carbons (Fsp3) is 0.375. The van der Waals surface area contributed by atoms with Gasteiger partial charge in [0.25, 0.3) is 0 Å². The van der Waals surface area contributed by atoms with Gasteiger partial charge in [-0.05, 0) is 74.3 Å². The lowest BCUT2D eigenvalue weighted by molar-refractivity contribution is 0.183. The van der Waals surface area contributed by atoms with Crippen LogP contribution in [-0.4, -0.2) is 51.9 Å². The summed E-state index contributed by atoms with van der Waals surface area (Å²) >= 11 is 0. The van der Waals surface area contributed by atoms with Gasteiger partial charge in [0.15, 0.2) is 0 Å². The predicted molar refractivity (Wildman–Crippen MR) is 130 cm³/mol. The van der Waals surface area contributed by atoms with Crippen LogP contribution in [0.15, 0.2) is 48.5 Å². The number of nitrogens with two attached hydrogens (primary N) is 1. The summed E-state index contributed by atoms with van der Waals surface area (Å²) in [5.74, 6) is 1.05. The van der Waals surface area contributed by atoms with Gasteiger partial charge in [0.1, 0.15) is 12.4 Å². The Morgan fingerprint density at radius 3 is 2.64 bits per heavy atom. The molecule has 1 aliphatic rings. The Morgan fingerprint density at radius 2 is 1.88 bits per heavy atom. The minimum absolute atomic E-state index is 0.000637. The number of carbonyl (C=O) groups is 1. The number of hydrogen-bond donors (Lipinski definition) is 3. The van der Waals surface area contributed by atoms with Gasteiger partial charge in [-0.15, -0.1) is 9.78 Å². The Morgan fingerprint density at radius 1 is 1.09 bits per heavy atom. The average Bonchev–Trinajstić information content (AvgIpc) is 3.21. The molecule has 174 valence electrons. The average molecular weight is 450 g/mol. The molecule has 0 radical (unpaired) electrons. The molecule has 3 aromatic rings. The molecule has 1 saturated heterocycles. The van der Waals surface area contributed by atoms with Crippen molar-refractivity contribution in [3.8, 4) is 5.75 Å². The maximum absolute atomic E-state index is 12.6. The number of rotatable bonds is 8. The fourth-order valence-electron chi connectivity index (χ4n) is 3.81. The van der Waals surface area contributed by atoms with Crippen LogP contribution in [-0.2, 0) is 6.42 Å². The van der Waals surface area contributed by atoms with Crippen LogP contribution in [0.2, 0.25) is 0 Å². The number of likely N-dealkylation sites (tertiary alicyclic amines) is 1. The summed E-state index contributed by atoms with van der Waals surface area (Å²) in [6, 6.07) is 14.7. The number of ether oxygens (including phenoxy) is 1. The van der Waals surface area contributed by atoms with Gasteiger partial charge in [0.05, 0.1) is 0 Å². The van der Waals surface area contributed by atoms with Gasteiger partial charge in [0.2, 0.25) is 11.9 Å². The van der Waals surface area contributed by atoms with Crippen LogP contribution in [0.3, 0.4) is 0 Å². The Labute approximate surface area is 193 Å². The highest BCUT2D eigenvalue weighted by Crippen LogP contribution is 2.20. The van der Waals surface area contributed by atoms with E-state index in [1.807, 2.05) is 48.5 Å². The molecule has 1 aromatic heterocycles. The largest absolute Gasteiger partial charge is 0.492 e. The summed E-state index contributed by atoms with van der Waals surface area (Å²) in [7, 11) is 0. The normalized spacial score (nSPS) is 14.1. The first kappa shape index (κ1) is 22.6. The number of aryl methyl sites for hydroxylation is 1. The number of piperidine rings is 1. The minimum Gasteiger partial charge on any atom is -0.492 e. The van der Waals surface area contributed by atoms with Crippen molar-refractivity contribution in [3.05, 3.63) is 54.1 Å². The zero-order chi connectivity index (χ0) is 23.0. The molecule has 4 rings (SSSR count). The van der Waals surface area contributed by atoms with Gasteiger partial charge < -0.3 is 21.1 Å². The monoisotopic (exact) mass is 449 g/mol. The SMILES string of the molecule is CCc1cccc(NC(=O)n2nc(Nc3ccc(OCCN4CCCCC4)cc3)nc2N)c1. The molecule has 2 aromatic carbocycles. The number of anilines is 4. The quantitative estimate of drug-likeness (QED) is 0.475. The van der Waals surface area contributed by atoms with E-state index in [9.17, 15) is 4.79 Å². The number of nitrogens with zero attached hydrogens (tertiary/aromatic N) is 4. The maximum Gasteiger partial charge on any atom is 0.349 e. The third kappa shape index (κ3) is 6.23. The molecule has 9 nitrogen and oxygen atoms in total. The summed E-state index contributed by atoms with van der Waals surface area (Å²) in [6.45, 7) is 6.01. The van der Waals surface area contributed by atoms with Gasteiger partial charge in [0, 0.05) is 17.9 Å². The lowest BCUT2D eigenvalue weighted by Crippen LogP contribution is -2.33. The molecule has 33 heavy (non-hydrogen) atoms. The first-order chi connectivity index (χ1) is 16.1. The highest BCUT2D eigenvalue weighted by Gasteiger charge is 2.15. The predicted octanol–water partition coefficient (Wildman–Crippen LogP) is 4.11. The molecular formula is C24H31N7O2. The van der Waals surface area contributed by atoms with E-state index in [4.69, 9.17) is 10.5 Å². The molecule has 0 spiro atoms. The zero-order valence-corrected chi connectivity index (χ0v) is 19.0. The van der Waals surface area contributed by atoms with E-state index in [-0.39, 0.29) is 11.9 Å². The standard InChI is InChI=1S/C24H31N7O2/c1-2-18-7-6-8-20(17-18)27-24(32)31-22(25)28-23(29-31)26-19-9-11-21(12-10-19)33-16-15-30-13-4-3-5-14-30/h6-12,17H,2-5,13-16H2,1H3,(H,27,32)(H3,25,26,28,29). The van der Waals surface area contributed by atoms with Crippen molar-refractivity contribution in [3.63, 3.8) is 0 Å². The molecule has 0 saturated carbocycles. The van der Waals surface area contributed by atoms with E-state index in [1.54, 1.807) is 0 Å². The molecule has 1 fully saturated rings. The first-order valence-corrected chi connectivity index (χ1v) is 11.5. The Bertz CT molecular complexity index is 1060. The van der Waals surface area contributed by atoms with Crippen molar-refractivity contribution in [2.45, 2.75) is 32.6 Å². The first-order valence-electron chi connectivity index (χ1n) is 11.5. The lowest BCUT2D eigenvalue weighted by atomic mass is 10.1. The molecule has 0 unspecified atom stereocenters. The van der Waals surface area contributed by atoms with Crippen LogP contribution < -0.4 is 21.1 Å². The second kappa shape index (κ2) is 10.8. The number of benzene rings is 2. The summed E-state index contributed by atoms with van der Waals surface area (Å²) in [4.78, 5) is 19.2. The summed E-state index contributed by atoms with van der Waals surface area (Å²) < 4.78 is 6.90. The van der Waals surface area contributed by atoms with Crippen molar-refractivity contribution in [1.29, 1.82) is 0 Å². The van der Waals surface area contributed by atoms with Crippen molar-refractivity contribution in [1.82, 2.24) is 19.7 Å². The zero-order valence-electron chi connectivity index (χ0n) is 19.0. The number of amides is 1. The van der Waals surface area contributed by atoms with Crippen LogP contribution in [0.25, 0.3) is 0 Å². The summed E-state index contributed by atoms with van der Waals surface area (Å²) in [5, 5.41) is 10.1. The molecule has 1 aliphatic heterocycles. The summed E-state index contributed by atoms with van der Waals surface area (Å²) in [6.07, 6.45) is 4.78. The third-order valence-corrected chi connectivity index (χ3v) is 5.65. The van der Waals surface area contributed by atoms with Gasteiger partial charge in [-0.3, -0.25) is 4.90 Å². The molecule has 9 heteroatoms. The van der Waals surface area contributed by atoms with E-state index in [0.29, 0.717) is 12.3 Å². The van der Waals surface area contributed by atoms with Gasteiger partial charge in [-0.25, -0.2) is 4.79 Å². The number of hydrogen-bond acceptors (Lipinski definition) is 7. The summed E-state index contributed by atoms with van der Waals surface area (Å²) in [5.41, 5.74) is 8.49. The number of carbonyl (C=O) groups excluding carboxylic acids is 1. The van der Waals surface area contributed by atoms with Crippen LogP contribution in [0.5, 0.6) is 5.75 Å². The molecule has 0 bridgehead atoms. The van der Waals surface area contributed by atoms with Gasteiger partial charge in [-0.1, -0.05) is 25.5 Å². The Balaban J connectivity index is 1.30. The topological polar surface area (TPSA) is 110 Å².